The van der Waals surface area contributed by atoms with Gasteiger partial charge < -0.3 is 11.1 Å². The first-order valence-electron chi connectivity index (χ1n) is 3.52. The molecule has 0 bridgehead atoms. The topological polar surface area (TPSA) is 55.1 Å². The maximum absolute atomic E-state index is 10.8. The molecule has 0 aromatic heterocycles. The highest BCUT2D eigenvalue weighted by Crippen LogP contribution is 2.16. The lowest BCUT2D eigenvalue weighted by molar-refractivity contribution is -0.111. The predicted molar refractivity (Wildman–Crippen MR) is 49.7 cm³/mol. The lowest BCUT2D eigenvalue weighted by Gasteiger charge is -2.04. The minimum atomic E-state index is -0.257. The molecule has 0 atom stereocenters. The lowest BCUT2D eigenvalue weighted by Crippen LogP contribution is -2.08. The zero-order chi connectivity index (χ0) is 8.97. The summed E-state index contributed by atoms with van der Waals surface area (Å²) >= 11 is 0. The molecule has 0 heterocycles. The van der Waals surface area contributed by atoms with Gasteiger partial charge in [0.05, 0.1) is 11.4 Å². The third-order valence-corrected chi connectivity index (χ3v) is 1.40. The number of carbonyl (C=O) groups excluding carboxylic acids is 1. The quantitative estimate of drug-likeness (QED) is 0.510. The van der Waals surface area contributed by atoms with Crippen molar-refractivity contribution in [2.45, 2.75) is 0 Å². The average molecular weight is 162 g/mol. The molecular formula is C9H10N2O. The average Bonchev–Trinajstić information content (AvgIpc) is 2.09. The molecule has 0 unspecified atom stereocenters. The minimum absolute atomic E-state index is 0.257. The van der Waals surface area contributed by atoms with Crippen LogP contribution in [-0.4, -0.2) is 5.91 Å². The van der Waals surface area contributed by atoms with E-state index in [1.807, 2.05) is 0 Å². The molecule has 1 amide bonds. The molecule has 1 aromatic carbocycles. The molecule has 1 aromatic rings. The summed E-state index contributed by atoms with van der Waals surface area (Å²) in [6.45, 7) is 3.33. The maximum atomic E-state index is 10.8. The van der Waals surface area contributed by atoms with Crippen molar-refractivity contribution in [3.05, 3.63) is 36.9 Å². The number of anilines is 2. The van der Waals surface area contributed by atoms with Crippen LogP contribution in [0.5, 0.6) is 0 Å². The summed E-state index contributed by atoms with van der Waals surface area (Å²) < 4.78 is 0. The first-order chi connectivity index (χ1) is 5.74. The Hall–Kier alpha value is -1.77. The Balaban J connectivity index is 2.82. The van der Waals surface area contributed by atoms with E-state index in [2.05, 4.69) is 11.9 Å². The SMILES string of the molecule is C=CC(=O)Nc1ccccc1N. The monoisotopic (exact) mass is 162 g/mol. The second-order valence-corrected chi connectivity index (χ2v) is 2.28. The van der Waals surface area contributed by atoms with Crippen LogP contribution in [-0.2, 0) is 4.79 Å². The number of hydrogen-bond acceptors (Lipinski definition) is 2. The smallest absolute Gasteiger partial charge is 0.247 e. The lowest BCUT2D eigenvalue weighted by atomic mass is 10.2. The molecule has 62 valence electrons. The van der Waals surface area contributed by atoms with E-state index in [0.29, 0.717) is 11.4 Å². The molecule has 0 aliphatic heterocycles. The molecular weight excluding hydrogens is 152 g/mol. The van der Waals surface area contributed by atoms with Crippen molar-refractivity contribution < 1.29 is 4.79 Å². The summed E-state index contributed by atoms with van der Waals surface area (Å²) in [5.41, 5.74) is 6.74. The Bertz CT molecular complexity index is 307. The zero-order valence-corrected chi connectivity index (χ0v) is 6.58. The molecule has 3 heteroatoms. The van der Waals surface area contributed by atoms with Gasteiger partial charge in [0.15, 0.2) is 0 Å². The zero-order valence-electron chi connectivity index (χ0n) is 6.58. The Morgan fingerprint density at radius 3 is 2.75 bits per heavy atom. The van der Waals surface area contributed by atoms with Gasteiger partial charge >= 0.3 is 0 Å². The van der Waals surface area contributed by atoms with E-state index in [-0.39, 0.29) is 5.91 Å². The summed E-state index contributed by atoms with van der Waals surface area (Å²) in [6, 6.07) is 7.06. The molecule has 1 rings (SSSR count). The van der Waals surface area contributed by atoms with Crippen molar-refractivity contribution in [3.8, 4) is 0 Å². The molecule has 0 aliphatic rings. The number of carbonyl (C=O) groups is 1. The predicted octanol–water partition coefficient (Wildman–Crippen LogP) is 1.39. The maximum Gasteiger partial charge on any atom is 0.247 e. The number of nitrogens with two attached hydrogens (primary N) is 1. The largest absolute Gasteiger partial charge is 0.397 e. The number of nitrogen functional groups attached to an aromatic ring is 1. The van der Waals surface area contributed by atoms with Gasteiger partial charge in [0.25, 0.3) is 0 Å². The van der Waals surface area contributed by atoms with E-state index in [9.17, 15) is 4.79 Å². The fraction of sp³-hybridized carbons (Fsp3) is 0. The van der Waals surface area contributed by atoms with Gasteiger partial charge in [0.2, 0.25) is 5.91 Å². The van der Waals surface area contributed by atoms with E-state index >= 15 is 0 Å². The van der Waals surface area contributed by atoms with E-state index in [1.165, 1.54) is 6.08 Å². The standard InChI is InChI=1S/C9H10N2O/c1-2-9(12)11-8-6-4-3-5-7(8)10/h2-6H,1,10H2,(H,11,12). The van der Waals surface area contributed by atoms with Crippen LogP contribution in [0.2, 0.25) is 0 Å². The summed E-state index contributed by atoms with van der Waals surface area (Å²) in [4.78, 5) is 10.8. The molecule has 0 aliphatic carbocycles. The van der Waals surface area contributed by atoms with Gasteiger partial charge in [-0.05, 0) is 18.2 Å². The molecule has 0 saturated carbocycles. The summed E-state index contributed by atoms with van der Waals surface area (Å²) in [6.07, 6.45) is 1.20. The summed E-state index contributed by atoms with van der Waals surface area (Å²) in [7, 11) is 0. The molecule has 12 heavy (non-hydrogen) atoms. The van der Waals surface area contributed by atoms with Crippen molar-refractivity contribution in [1.82, 2.24) is 0 Å². The number of nitrogens with one attached hydrogen (secondary N) is 1. The number of amides is 1. The van der Waals surface area contributed by atoms with E-state index in [4.69, 9.17) is 5.73 Å². The van der Waals surface area contributed by atoms with Crippen LogP contribution < -0.4 is 11.1 Å². The first-order valence-corrected chi connectivity index (χ1v) is 3.52. The molecule has 3 nitrogen and oxygen atoms in total. The molecule has 3 N–H and O–H groups in total. The molecule has 0 spiro atoms. The highest BCUT2D eigenvalue weighted by atomic mass is 16.1. The number of hydrogen-bond donors (Lipinski definition) is 2. The molecule has 0 saturated heterocycles. The Morgan fingerprint density at radius 1 is 1.50 bits per heavy atom. The number of para-hydroxylation sites is 2. The van der Waals surface area contributed by atoms with Crippen LogP contribution in [0.4, 0.5) is 11.4 Å². The van der Waals surface area contributed by atoms with E-state index < -0.39 is 0 Å². The van der Waals surface area contributed by atoms with Crippen LogP contribution in [0.3, 0.4) is 0 Å². The second kappa shape index (κ2) is 3.57. The van der Waals surface area contributed by atoms with Crippen LogP contribution in [0.25, 0.3) is 0 Å². The van der Waals surface area contributed by atoms with Crippen molar-refractivity contribution in [2.24, 2.45) is 0 Å². The second-order valence-electron chi connectivity index (χ2n) is 2.28. The van der Waals surface area contributed by atoms with Gasteiger partial charge in [-0.1, -0.05) is 18.7 Å². The summed E-state index contributed by atoms with van der Waals surface area (Å²) in [5.74, 6) is -0.257. The highest BCUT2D eigenvalue weighted by molar-refractivity contribution is 6.00. The third-order valence-electron chi connectivity index (χ3n) is 1.40. The third kappa shape index (κ3) is 1.85. The van der Waals surface area contributed by atoms with Gasteiger partial charge in [-0.2, -0.15) is 0 Å². The van der Waals surface area contributed by atoms with Crippen molar-refractivity contribution in [2.75, 3.05) is 11.1 Å². The number of benzene rings is 1. The van der Waals surface area contributed by atoms with Gasteiger partial charge in [0.1, 0.15) is 0 Å². The Kier molecular flexibility index (Phi) is 2.48. The van der Waals surface area contributed by atoms with Crippen LogP contribution in [0.1, 0.15) is 0 Å². The van der Waals surface area contributed by atoms with Crippen molar-refractivity contribution >= 4 is 17.3 Å². The minimum Gasteiger partial charge on any atom is -0.397 e. The highest BCUT2D eigenvalue weighted by Gasteiger charge is 1.98. The molecule has 0 fully saturated rings. The van der Waals surface area contributed by atoms with Gasteiger partial charge in [-0.15, -0.1) is 0 Å². The van der Waals surface area contributed by atoms with Crippen LogP contribution in [0.15, 0.2) is 36.9 Å². The van der Waals surface area contributed by atoms with Crippen molar-refractivity contribution in [3.63, 3.8) is 0 Å². The number of rotatable bonds is 2. The fourth-order valence-corrected chi connectivity index (χ4v) is 0.795. The summed E-state index contributed by atoms with van der Waals surface area (Å²) in [5, 5.41) is 2.58. The van der Waals surface area contributed by atoms with Gasteiger partial charge in [-0.25, -0.2) is 0 Å². The molecule has 0 radical (unpaired) electrons. The van der Waals surface area contributed by atoms with E-state index in [0.717, 1.165) is 0 Å². The Labute approximate surface area is 70.9 Å². The van der Waals surface area contributed by atoms with Crippen LogP contribution >= 0.6 is 0 Å². The van der Waals surface area contributed by atoms with Crippen LogP contribution in [0, 0.1) is 0 Å². The Morgan fingerprint density at radius 2 is 2.17 bits per heavy atom. The van der Waals surface area contributed by atoms with Crippen molar-refractivity contribution in [1.29, 1.82) is 0 Å². The normalized spacial score (nSPS) is 9.00. The fourth-order valence-electron chi connectivity index (χ4n) is 0.795. The van der Waals surface area contributed by atoms with Gasteiger partial charge in [-0.3, -0.25) is 4.79 Å². The first kappa shape index (κ1) is 8.33. The van der Waals surface area contributed by atoms with E-state index in [1.54, 1.807) is 24.3 Å². The van der Waals surface area contributed by atoms with Gasteiger partial charge in [0, 0.05) is 0 Å².